The first-order chi connectivity index (χ1) is 15.4. The number of ether oxygens (including phenoxy) is 1. The van der Waals surface area contributed by atoms with Crippen LogP contribution in [0.4, 0.5) is 5.69 Å². The first-order valence-corrected chi connectivity index (χ1v) is 10.4. The van der Waals surface area contributed by atoms with E-state index >= 15 is 0 Å². The Hall–Kier alpha value is -3.93. The largest absolute Gasteiger partial charge is 0.484 e. The summed E-state index contributed by atoms with van der Waals surface area (Å²) in [7, 11) is 0. The van der Waals surface area contributed by atoms with Gasteiger partial charge in [-0.25, -0.2) is 0 Å². The topological polar surface area (TPSA) is 84.5 Å². The summed E-state index contributed by atoms with van der Waals surface area (Å²) in [4.78, 5) is 37.5. The van der Waals surface area contributed by atoms with Gasteiger partial charge in [0.05, 0.1) is 5.56 Å². The van der Waals surface area contributed by atoms with Crippen molar-refractivity contribution in [2.45, 2.75) is 20.8 Å². The van der Waals surface area contributed by atoms with Gasteiger partial charge in [-0.1, -0.05) is 30.3 Å². The molecule has 2 amide bonds. The van der Waals surface area contributed by atoms with Gasteiger partial charge in [-0.3, -0.25) is 14.4 Å². The summed E-state index contributed by atoms with van der Waals surface area (Å²) in [5.41, 5.74) is 3.86. The Balaban J connectivity index is 1.73. The molecule has 0 aliphatic heterocycles. The van der Waals surface area contributed by atoms with Crippen LogP contribution < -0.4 is 15.4 Å². The van der Waals surface area contributed by atoms with E-state index in [0.29, 0.717) is 34.7 Å². The average molecular weight is 431 g/mol. The molecule has 0 aliphatic carbocycles. The Bertz CT molecular complexity index is 1140. The Morgan fingerprint density at radius 1 is 0.844 bits per heavy atom. The number of anilines is 1. The Labute approximate surface area is 187 Å². The number of nitrogens with one attached hydrogen (secondary N) is 2. The lowest BCUT2D eigenvalue weighted by Gasteiger charge is -2.11. The third-order valence-corrected chi connectivity index (χ3v) is 5.04. The fourth-order valence-corrected chi connectivity index (χ4v) is 3.15. The zero-order valence-electron chi connectivity index (χ0n) is 18.4. The third-order valence-electron chi connectivity index (χ3n) is 5.04. The standard InChI is InChI=1S/C26H26N2O4/c1-4-27-24(29)16-32-21-13-11-20(12-14-21)28-26(31)23-8-6-5-7-22(23)25(30)19-10-9-17(2)18(3)15-19/h5-15H,4,16H2,1-3H3,(H,27,29)(H,28,31). The molecule has 2 N–H and O–H groups in total. The number of carbonyl (C=O) groups is 3. The molecule has 32 heavy (non-hydrogen) atoms. The molecule has 0 saturated heterocycles. The molecule has 3 rings (SSSR count). The van der Waals surface area contributed by atoms with Crippen molar-refractivity contribution in [3.05, 3.63) is 94.5 Å². The zero-order chi connectivity index (χ0) is 23.1. The van der Waals surface area contributed by atoms with Crippen molar-refractivity contribution in [1.29, 1.82) is 0 Å². The molecule has 3 aromatic carbocycles. The zero-order valence-corrected chi connectivity index (χ0v) is 18.4. The fourth-order valence-electron chi connectivity index (χ4n) is 3.15. The van der Waals surface area contributed by atoms with Crippen LogP contribution in [0.3, 0.4) is 0 Å². The second kappa shape index (κ2) is 10.4. The van der Waals surface area contributed by atoms with E-state index in [2.05, 4.69) is 10.6 Å². The second-order valence-electron chi connectivity index (χ2n) is 7.39. The van der Waals surface area contributed by atoms with Crippen molar-refractivity contribution in [3.8, 4) is 5.75 Å². The minimum atomic E-state index is -0.381. The van der Waals surface area contributed by atoms with E-state index in [1.807, 2.05) is 32.9 Å². The lowest BCUT2D eigenvalue weighted by atomic mass is 9.95. The maximum absolute atomic E-state index is 13.1. The lowest BCUT2D eigenvalue weighted by Crippen LogP contribution is -2.28. The highest BCUT2D eigenvalue weighted by molar-refractivity contribution is 6.17. The van der Waals surface area contributed by atoms with E-state index in [-0.39, 0.29) is 24.2 Å². The molecule has 6 nitrogen and oxygen atoms in total. The van der Waals surface area contributed by atoms with E-state index in [9.17, 15) is 14.4 Å². The van der Waals surface area contributed by atoms with Crippen molar-refractivity contribution in [1.82, 2.24) is 5.32 Å². The number of carbonyl (C=O) groups excluding carboxylic acids is 3. The van der Waals surface area contributed by atoms with E-state index in [0.717, 1.165) is 11.1 Å². The van der Waals surface area contributed by atoms with Crippen molar-refractivity contribution < 1.29 is 19.1 Å². The molecule has 164 valence electrons. The molecule has 0 spiro atoms. The monoisotopic (exact) mass is 430 g/mol. The van der Waals surface area contributed by atoms with Crippen molar-refractivity contribution in [3.63, 3.8) is 0 Å². The van der Waals surface area contributed by atoms with Gasteiger partial charge < -0.3 is 15.4 Å². The number of benzene rings is 3. The van der Waals surface area contributed by atoms with E-state index < -0.39 is 0 Å². The van der Waals surface area contributed by atoms with Gasteiger partial charge in [-0.05, 0) is 68.3 Å². The molecule has 0 radical (unpaired) electrons. The van der Waals surface area contributed by atoms with Crippen LogP contribution in [0.1, 0.15) is 44.3 Å². The fraction of sp³-hybridized carbons (Fsp3) is 0.192. The minimum Gasteiger partial charge on any atom is -0.484 e. The van der Waals surface area contributed by atoms with Gasteiger partial charge in [0, 0.05) is 23.4 Å². The van der Waals surface area contributed by atoms with Gasteiger partial charge in [-0.15, -0.1) is 0 Å². The molecule has 6 heteroatoms. The van der Waals surface area contributed by atoms with E-state index in [1.165, 1.54) is 0 Å². The van der Waals surface area contributed by atoms with E-state index in [1.54, 1.807) is 54.6 Å². The van der Waals surface area contributed by atoms with Crippen LogP contribution in [0.5, 0.6) is 5.75 Å². The van der Waals surface area contributed by atoms with Crippen molar-refractivity contribution in [2.24, 2.45) is 0 Å². The molecule has 0 aromatic heterocycles. The molecule has 0 heterocycles. The summed E-state index contributed by atoms with van der Waals surface area (Å²) in [6, 6.07) is 19.0. The van der Waals surface area contributed by atoms with Crippen LogP contribution in [-0.2, 0) is 4.79 Å². The quantitative estimate of drug-likeness (QED) is 0.522. The molecule has 3 aromatic rings. The second-order valence-corrected chi connectivity index (χ2v) is 7.39. The van der Waals surface area contributed by atoms with Crippen molar-refractivity contribution in [2.75, 3.05) is 18.5 Å². The number of hydrogen-bond donors (Lipinski definition) is 2. The maximum atomic E-state index is 13.1. The molecule has 0 atom stereocenters. The van der Waals surface area contributed by atoms with Crippen molar-refractivity contribution >= 4 is 23.3 Å². The summed E-state index contributed by atoms with van der Waals surface area (Å²) in [6.07, 6.45) is 0. The lowest BCUT2D eigenvalue weighted by molar-refractivity contribution is -0.122. The highest BCUT2D eigenvalue weighted by Crippen LogP contribution is 2.20. The number of amides is 2. The molecule has 0 unspecified atom stereocenters. The smallest absolute Gasteiger partial charge is 0.257 e. The number of hydrogen-bond acceptors (Lipinski definition) is 4. The SMILES string of the molecule is CCNC(=O)COc1ccc(NC(=O)c2ccccc2C(=O)c2ccc(C)c(C)c2)cc1. The first-order valence-electron chi connectivity index (χ1n) is 10.4. The van der Waals surface area contributed by atoms with Crippen LogP contribution >= 0.6 is 0 Å². The predicted molar refractivity (Wildman–Crippen MR) is 124 cm³/mol. The summed E-state index contributed by atoms with van der Waals surface area (Å²) < 4.78 is 5.41. The molecule has 0 aliphatic rings. The number of aryl methyl sites for hydroxylation is 2. The van der Waals surface area contributed by atoms with Crippen LogP contribution in [0.15, 0.2) is 66.7 Å². The average Bonchev–Trinajstić information content (AvgIpc) is 2.80. The molecule has 0 saturated carbocycles. The molecular weight excluding hydrogens is 404 g/mol. The van der Waals surface area contributed by atoms with Gasteiger partial charge in [-0.2, -0.15) is 0 Å². The Morgan fingerprint density at radius 3 is 2.19 bits per heavy atom. The molecule has 0 bridgehead atoms. The van der Waals surface area contributed by atoms with Crippen LogP contribution in [0.2, 0.25) is 0 Å². The number of likely N-dealkylation sites (N-methyl/N-ethyl adjacent to an activating group) is 1. The van der Waals surface area contributed by atoms with Gasteiger partial charge in [0.2, 0.25) is 0 Å². The summed E-state index contributed by atoms with van der Waals surface area (Å²) in [6.45, 7) is 6.24. The van der Waals surface area contributed by atoms with Crippen LogP contribution in [-0.4, -0.2) is 30.7 Å². The minimum absolute atomic E-state index is 0.0759. The molecule has 0 fully saturated rings. The van der Waals surface area contributed by atoms with Crippen LogP contribution in [0, 0.1) is 13.8 Å². The summed E-state index contributed by atoms with van der Waals surface area (Å²) in [5, 5.41) is 5.47. The normalized spacial score (nSPS) is 10.3. The van der Waals surface area contributed by atoms with Crippen LogP contribution in [0.25, 0.3) is 0 Å². The van der Waals surface area contributed by atoms with E-state index in [4.69, 9.17) is 4.74 Å². The highest BCUT2D eigenvalue weighted by atomic mass is 16.5. The third kappa shape index (κ3) is 5.60. The van der Waals surface area contributed by atoms with Gasteiger partial charge in [0.25, 0.3) is 11.8 Å². The Kier molecular flexibility index (Phi) is 7.39. The molecular formula is C26H26N2O4. The summed E-state index contributed by atoms with van der Waals surface area (Å²) >= 11 is 0. The first kappa shape index (κ1) is 22.7. The van der Waals surface area contributed by atoms with Gasteiger partial charge >= 0.3 is 0 Å². The number of ketones is 1. The highest BCUT2D eigenvalue weighted by Gasteiger charge is 2.18. The van der Waals surface area contributed by atoms with Gasteiger partial charge in [0.1, 0.15) is 5.75 Å². The van der Waals surface area contributed by atoms with Gasteiger partial charge in [0.15, 0.2) is 12.4 Å². The Morgan fingerprint density at radius 2 is 1.53 bits per heavy atom. The summed E-state index contributed by atoms with van der Waals surface area (Å²) in [5.74, 6) is -0.267. The predicted octanol–water partition coefficient (Wildman–Crippen LogP) is 4.30. The maximum Gasteiger partial charge on any atom is 0.257 e. The number of rotatable bonds is 8.